The lowest BCUT2D eigenvalue weighted by Gasteiger charge is -2.07. The van der Waals surface area contributed by atoms with E-state index in [1.165, 1.54) is 18.2 Å². The van der Waals surface area contributed by atoms with Gasteiger partial charge in [-0.1, -0.05) is 6.92 Å². The Labute approximate surface area is 103 Å². The molecule has 1 amide bonds. The largest absolute Gasteiger partial charge is 0.324 e. The quantitative estimate of drug-likeness (QED) is 0.818. The highest BCUT2D eigenvalue weighted by molar-refractivity contribution is 9.10. The number of hydrogen-bond acceptors (Lipinski definition) is 2. The number of anilines is 1. The molecule has 0 spiro atoms. The summed E-state index contributed by atoms with van der Waals surface area (Å²) in [6, 6.07) is 4.14. The number of carbonyl (C=O) groups excluding carboxylic acids is 1. The fourth-order valence-corrected chi connectivity index (χ4v) is 1.61. The minimum Gasteiger partial charge on any atom is -0.324 e. The molecule has 3 nitrogen and oxygen atoms in total. The van der Waals surface area contributed by atoms with Gasteiger partial charge in [0.05, 0.1) is 12.2 Å². The molecule has 0 aliphatic carbocycles. The van der Waals surface area contributed by atoms with Crippen LogP contribution < -0.4 is 10.6 Å². The van der Waals surface area contributed by atoms with Crippen LogP contribution >= 0.6 is 15.9 Å². The van der Waals surface area contributed by atoms with E-state index in [4.69, 9.17) is 0 Å². The highest BCUT2D eigenvalue weighted by atomic mass is 79.9. The lowest BCUT2D eigenvalue weighted by Crippen LogP contribution is -2.28. The van der Waals surface area contributed by atoms with Crippen molar-refractivity contribution in [1.29, 1.82) is 0 Å². The fourth-order valence-electron chi connectivity index (χ4n) is 1.16. The van der Waals surface area contributed by atoms with Gasteiger partial charge < -0.3 is 10.6 Å². The van der Waals surface area contributed by atoms with Gasteiger partial charge in [0.2, 0.25) is 5.91 Å². The molecule has 0 saturated carbocycles. The van der Waals surface area contributed by atoms with Gasteiger partial charge in [-0.3, -0.25) is 4.79 Å². The van der Waals surface area contributed by atoms with Gasteiger partial charge in [0, 0.05) is 4.47 Å². The highest BCUT2D eigenvalue weighted by Crippen LogP contribution is 2.22. The Morgan fingerprint density at radius 3 is 2.88 bits per heavy atom. The summed E-state index contributed by atoms with van der Waals surface area (Å²) in [4.78, 5) is 11.4. The number of rotatable bonds is 5. The topological polar surface area (TPSA) is 41.1 Å². The second-order valence-corrected chi connectivity index (χ2v) is 4.20. The second kappa shape index (κ2) is 6.60. The normalized spacial score (nSPS) is 10.2. The Bertz CT molecular complexity index is 371. The average molecular weight is 289 g/mol. The molecular formula is C11H14BrFN2O. The molecular weight excluding hydrogens is 275 g/mol. The molecule has 0 aromatic heterocycles. The summed E-state index contributed by atoms with van der Waals surface area (Å²) in [5.74, 6) is -0.477. The molecule has 0 atom stereocenters. The standard InChI is InChI=1S/C11H14BrFN2O/c1-2-5-14-7-11(16)15-10-4-3-8(13)6-9(10)12/h3-4,6,14H,2,5,7H2,1H3,(H,15,16). The van der Waals surface area contributed by atoms with Crippen molar-refractivity contribution in [2.75, 3.05) is 18.4 Å². The van der Waals surface area contributed by atoms with E-state index in [2.05, 4.69) is 26.6 Å². The molecule has 0 aliphatic heterocycles. The van der Waals surface area contributed by atoms with Crippen molar-refractivity contribution in [2.24, 2.45) is 0 Å². The van der Waals surface area contributed by atoms with Crippen molar-refractivity contribution in [3.05, 3.63) is 28.5 Å². The van der Waals surface area contributed by atoms with Crippen LogP contribution in [0, 0.1) is 5.82 Å². The van der Waals surface area contributed by atoms with Crippen molar-refractivity contribution in [3.8, 4) is 0 Å². The Hall–Kier alpha value is -0.940. The molecule has 0 saturated heterocycles. The monoisotopic (exact) mass is 288 g/mol. The van der Waals surface area contributed by atoms with Crippen LogP contribution in [0.15, 0.2) is 22.7 Å². The summed E-state index contributed by atoms with van der Waals surface area (Å²) in [7, 11) is 0. The Morgan fingerprint density at radius 2 is 2.25 bits per heavy atom. The van der Waals surface area contributed by atoms with E-state index in [9.17, 15) is 9.18 Å². The smallest absolute Gasteiger partial charge is 0.238 e. The molecule has 0 aliphatic rings. The Morgan fingerprint density at radius 1 is 1.50 bits per heavy atom. The first-order chi connectivity index (χ1) is 7.63. The molecule has 88 valence electrons. The van der Waals surface area contributed by atoms with Gasteiger partial charge in [-0.2, -0.15) is 0 Å². The third-order valence-corrected chi connectivity index (χ3v) is 2.57. The maximum Gasteiger partial charge on any atom is 0.238 e. The van der Waals surface area contributed by atoms with Gasteiger partial charge in [0.15, 0.2) is 0 Å². The summed E-state index contributed by atoms with van der Waals surface area (Å²) < 4.78 is 13.3. The van der Waals surface area contributed by atoms with Gasteiger partial charge in [-0.15, -0.1) is 0 Å². The molecule has 0 unspecified atom stereocenters. The molecule has 0 fully saturated rings. The highest BCUT2D eigenvalue weighted by Gasteiger charge is 2.05. The van der Waals surface area contributed by atoms with Crippen LogP contribution in [0.3, 0.4) is 0 Å². The number of halogens is 2. The summed E-state index contributed by atoms with van der Waals surface area (Å²) >= 11 is 3.18. The van der Waals surface area contributed by atoms with Crippen LogP contribution in [-0.2, 0) is 4.79 Å². The lowest BCUT2D eigenvalue weighted by atomic mass is 10.3. The number of nitrogens with one attached hydrogen (secondary N) is 2. The van der Waals surface area contributed by atoms with Crippen LogP contribution in [0.1, 0.15) is 13.3 Å². The van der Waals surface area contributed by atoms with Crippen LogP contribution in [0.4, 0.5) is 10.1 Å². The van der Waals surface area contributed by atoms with Crippen molar-refractivity contribution >= 4 is 27.5 Å². The summed E-state index contributed by atoms with van der Waals surface area (Å²) in [6.45, 7) is 3.09. The minimum absolute atomic E-state index is 0.138. The number of benzene rings is 1. The molecule has 0 bridgehead atoms. The molecule has 1 aromatic rings. The first-order valence-electron chi connectivity index (χ1n) is 5.09. The van der Waals surface area contributed by atoms with Crippen molar-refractivity contribution in [2.45, 2.75) is 13.3 Å². The molecule has 1 aromatic carbocycles. The van der Waals surface area contributed by atoms with E-state index >= 15 is 0 Å². The van der Waals surface area contributed by atoms with Crippen LogP contribution in [0.25, 0.3) is 0 Å². The number of carbonyl (C=O) groups is 1. The maximum absolute atomic E-state index is 12.8. The van der Waals surface area contributed by atoms with E-state index in [0.717, 1.165) is 13.0 Å². The average Bonchev–Trinajstić information content (AvgIpc) is 2.23. The molecule has 0 radical (unpaired) electrons. The second-order valence-electron chi connectivity index (χ2n) is 3.35. The minimum atomic E-state index is -0.339. The Balaban J connectivity index is 2.49. The predicted molar refractivity (Wildman–Crippen MR) is 65.9 cm³/mol. The van der Waals surface area contributed by atoms with Gasteiger partial charge in [-0.25, -0.2) is 4.39 Å². The summed E-state index contributed by atoms with van der Waals surface area (Å²) in [5, 5.41) is 5.67. The van der Waals surface area contributed by atoms with Gasteiger partial charge in [0.1, 0.15) is 5.82 Å². The van der Waals surface area contributed by atoms with Gasteiger partial charge in [-0.05, 0) is 47.1 Å². The zero-order chi connectivity index (χ0) is 12.0. The summed E-state index contributed by atoms with van der Waals surface area (Å²) in [5.41, 5.74) is 0.574. The lowest BCUT2D eigenvalue weighted by molar-refractivity contribution is -0.115. The molecule has 1 rings (SSSR count). The first kappa shape index (κ1) is 13.1. The van der Waals surface area contributed by atoms with E-state index in [-0.39, 0.29) is 18.3 Å². The third-order valence-electron chi connectivity index (χ3n) is 1.92. The molecule has 5 heteroatoms. The van der Waals surface area contributed by atoms with Crippen molar-refractivity contribution < 1.29 is 9.18 Å². The zero-order valence-electron chi connectivity index (χ0n) is 9.02. The fraction of sp³-hybridized carbons (Fsp3) is 0.364. The molecule has 16 heavy (non-hydrogen) atoms. The van der Waals surface area contributed by atoms with Crippen LogP contribution in [0.2, 0.25) is 0 Å². The van der Waals surface area contributed by atoms with Gasteiger partial charge >= 0.3 is 0 Å². The van der Waals surface area contributed by atoms with E-state index in [1.54, 1.807) is 0 Å². The SMILES string of the molecule is CCCNCC(=O)Nc1ccc(F)cc1Br. The summed E-state index contributed by atoms with van der Waals surface area (Å²) in [6.07, 6.45) is 0.980. The third kappa shape index (κ3) is 4.28. The van der Waals surface area contributed by atoms with E-state index < -0.39 is 0 Å². The van der Waals surface area contributed by atoms with E-state index in [0.29, 0.717) is 10.2 Å². The predicted octanol–water partition coefficient (Wildman–Crippen LogP) is 2.53. The Kier molecular flexibility index (Phi) is 5.42. The molecule has 0 heterocycles. The number of hydrogen-bond donors (Lipinski definition) is 2. The van der Waals surface area contributed by atoms with Crippen LogP contribution in [-0.4, -0.2) is 19.0 Å². The first-order valence-corrected chi connectivity index (χ1v) is 5.88. The van der Waals surface area contributed by atoms with Crippen molar-refractivity contribution in [1.82, 2.24) is 5.32 Å². The molecule has 2 N–H and O–H groups in total. The van der Waals surface area contributed by atoms with Gasteiger partial charge in [0.25, 0.3) is 0 Å². The number of amides is 1. The van der Waals surface area contributed by atoms with E-state index in [1.807, 2.05) is 6.92 Å². The van der Waals surface area contributed by atoms with Crippen molar-refractivity contribution in [3.63, 3.8) is 0 Å². The van der Waals surface area contributed by atoms with Crippen LogP contribution in [0.5, 0.6) is 0 Å². The maximum atomic E-state index is 12.8. The zero-order valence-corrected chi connectivity index (χ0v) is 10.6.